The van der Waals surface area contributed by atoms with Crippen molar-refractivity contribution in [2.24, 2.45) is 0 Å². The standard InChI is InChI=1S/C48H28N6O2/c1-4-14-29(15-5-1)43-49-44(30-16-6-2-7-17-30)52-47(51-43)35-22-13-25-40-41(35)37-28-32(26-27-39(37)55-40)46-50-45(31-18-8-3-9-19-31)53-48(54-46)36-23-12-21-34-33-20-10-11-24-38(33)56-42(34)36/h1-28H. The molecule has 7 aromatic carbocycles. The Morgan fingerprint density at radius 2 is 0.750 bits per heavy atom. The molecule has 4 heterocycles. The minimum Gasteiger partial charge on any atom is -0.456 e. The second kappa shape index (κ2) is 12.9. The summed E-state index contributed by atoms with van der Waals surface area (Å²) >= 11 is 0. The maximum atomic E-state index is 6.46. The molecule has 0 fully saturated rings. The van der Waals surface area contributed by atoms with Gasteiger partial charge in [-0.2, -0.15) is 0 Å². The van der Waals surface area contributed by atoms with Crippen LogP contribution in [0.5, 0.6) is 0 Å². The quantitative estimate of drug-likeness (QED) is 0.167. The molecule has 0 amide bonds. The summed E-state index contributed by atoms with van der Waals surface area (Å²) in [5, 5.41) is 3.82. The first-order chi connectivity index (χ1) is 27.7. The molecule has 0 atom stereocenters. The van der Waals surface area contributed by atoms with Crippen molar-refractivity contribution in [1.29, 1.82) is 0 Å². The zero-order valence-electron chi connectivity index (χ0n) is 29.7. The molecule has 56 heavy (non-hydrogen) atoms. The van der Waals surface area contributed by atoms with E-state index in [-0.39, 0.29) is 0 Å². The van der Waals surface area contributed by atoms with Crippen molar-refractivity contribution in [3.8, 4) is 68.3 Å². The lowest BCUT2D eigenvalue weighted by molar-refractivity contribution is 0.669. The molecule has 11 rings (SSSR count). The number of nitrogens with zero attached hydrogens (tertiary/aromatic N) is 6. The zero-order chi connectivity index (χ0) is 37.0. The summed E-state index contributed by atoms with van der Waals surface area (Å²) in [4.78, 5) is 30.2. The summed E-state index contributed by atoms with van der Waals surface area (Å²) in [5.74, 6) is 3.32. The van der Waals surface area contributed by atoms with Gasteiger partial charge in [0.1, 0.15) is 22.3 Å². The van der Waals surface area contributed by atoms with E-state index >= 15 is 0 Å². The van der Waals surface area contributed by atoms with Gasteiger partial charge in [-0.1, -0.05) is 133 Å². The highest BCUT2D eigenvalue weighted by molar-refractivity contribution is 6.13. The molecular weight excluding hydrogens is 693 g/mol. The van der Waals surface area contributed by atoms with E-state index in [0.29, 0.717) is 34.9 Å². The Morgan fingerprint density at radius 3 is 1.39 bits per heavy atom. The van der Waals surface area contributed by atoms with Crippen molar-refractivity contribution < 1.29 is 8.83 Å². The normalized spacial score (nSPS) is 11.6. The van der Waals surface area contributed by atoms with E-state index in [0.717, 1.165) is 77.3 Å². The molecule has 0 spiro atoms. The number of furan rings is 2. The van der Waals surface area contributed by atoms with Crippen LogP contribution in [0.15, 0.2) is 179 Å². The molecule has 0 saturated carbocycles. The molecule has 11 aromatic rings. The maximum Gasteiger partial charge on any atom is 0.167 e. The van der Waals surface area contributed by atoms with Crippen LogP contribution in [0.2, 0.25) is 0 Å². The Labute approximate surface area is 319 Å². The van der Waals surface area contributed by atoms with Gasteiger partial charge in [0.05, 0.1) is 5.56 Å². The Kier molecular flexibility index (Phi) is 7.31. The topological polar surface area (TPSA) is 104 Å². The molecule has 8 nitrogen and oxygen atoms in total. The van der Waals surface area contributed by atoms with E-state index < -0.39 is 0 Å². The van der Waals surface area contributed by atoms with Gasteiger partial charge in [-0.15, -0.1) is 0 Å². The summed E-state index contributed by atoms with van der Waals surface area (Å²) in [6.45, 7) is 0. The number of hydrogen-bond acceptors (Lipinski definition) is 8. The van der Waals surface area contributed by atoms with Crippen LogP contribution < -0.4 is 0 Å². The Morgan fingerprint density at radius 1 is 0.286 bits per heavy atom. The predicted octanol–water partition coefficient (Wildman–Crippen LogP) is 11.9. The van der Waals surface area contributed by atoms with Gasteiger partial charge in [-0.05, 0) is 36.4 Å². The number of para-hydroxylation sites is 2. The van der Waals surface area contributed by atoms with Gasteiger partial charge in [0.15, 0.2) is 34.9 Å². The Hall–Kier alpha value is -7.84. The van der Waals surface area contributed by atoms with Crippen LogP contribution in [0.25, 0.3) is 112 Å². The lowest BCUT2D eigenvalue weighted by Gasteiger charge is -2.10. The van der Waals surface area contributed by atoms with Crippen molar-refractivity contribution in [1.82, 2.24) is 29.9 Å². The second-order valence-corrected chi connectivity index (χ2v) is 13.5. The summed E-state index contributed by atoms with van der Waals surface area (Å²) in [7, 11) is 0. The molecule has 0 bridgehead atoms. The van der Waals surface area contributed by atoms with Gasteiger partial charge >= 0.3 is 0 Å². The Balaban J connectivity index is 1.12. The van der Waals surface area contributed by atoms with Gasteiger partial charge in [0, 0.05) is 49.4 Å². The smallest absolute Gasteiger partial charge is 0.167 e. The first-order valence-electron chi connectivity index (χ1n) is 18.3. The van der Waals surface area contributed by atoms with E-state index in [1.165, 1.54) is 0 Å². The van der Waals surface area contributed by atoms with E-state index in [9.17, 15) is 0 Å². The van der Waals surface area contributed by atoms with E-state index in [2.05, 4.69) is 18.2 Å². The molecule has 262 valence electrons. The number of fused-ring (bicyclic) bond motifs is 6. The van der Waals surface area contributed by atoms with E-state index in [1.807, 2.05) is 152 Å². The predicted molar refractivity (Wildman–Crippen MR) is 220 cm³/mol. The van der Waals surface area contributed by atoms with Gasteiger partial charge in [-0.3, -0.25) is 0 Å². The fourth-order valence-electron chi connectivity index (χ4n) is 7.35. The molecule has 0 aliphatic carbocycles. The summed E-state index contributed by atoms with van der Waals surface area (Å²) in [6.07, 6.45) is 0. The van der Waals surface area contributed by atoms with Gasteiger partial charge in [-0.25, -0.2) is 29.9 Å². The van der Waals surface area contributed by atoms with Crippen LogP contribution in [0.1, 0.15) is 0 Å². The van der Waals surface area contributed by atoms with Gasteiger partial charge < -0.3 is 8.83 Å². The molecular formula is C48H28N6O2. The maximum absolute atomic E-state index is 6.46. The van der Waals surface area contributed by atoms with Gasteiger partial charge in [0.25, 0.3) is 0 Å². The van der Waals surface area contributed by atoms with Crippen molar-refractivity contribution in [3.05, 3.63) is 170 Å². The van der Waals surface area contributed by atoms with Crippen molar-refractivity contribution in [3.63, 3.8) is 0 Å². The monoisotopic (exact) mass is 720 g/mol. The van der Waals surface area contributed by atoms with Crippen LogP contribution in [0.3, 0.4) is 0 Å². The number of hydrogen-bond donors (Lipinski definition) is 0. The van der Waals surface area contributed by atoms with Crippen molar-refractivity contribution in [2.75, 3.05) is 0 Å². The average molecular weight is 721 g/mol. The molecule has 8 heteroatoms. The van der Waals surface area contributed by atoms with Gasteiger partial charge in [0.2, 0.25) is 0 Å². The van der Waals surface area contributed by atoms with Crippen LogP contribution >= 0.6 is 0 Å². The molecule has 0 radical (unpaired) electrons. The molecule has 0 aliphatic rings. The highest BCUT2D eigenvalue weighted by Crippen LogP contribution is 2.39. The Bertz CT molecular complexity index is 3190. The summed E-state index contributed by atoms with van der Waals surface area (Å²) in [6, 6.07) is 56.1. The third kappa shape index (κ3) is 5.39. The summed E-state index contributed by atoms with van der Waals surface area (Å²) < 4.78 is 12.9. The van der Waals surface area contributed by atoms with Crippen LogP contribution in [-0.4, -0.2) is 29.9 Å². The fraction of sp³-hybridized carbons (Fsp3) is 0. The SMILES string of the molecule is c1ccc(-c2nc(-c3ccc4oc5cccc(-c6nc(-c7ccccc7)nc(-c7ccccc7)n6)c5c4c3)nc(-c3cccc4c3oc3ccccc34)n2)cc1. The van der Waals surface area contributed by atoms with Crippen LogP contribution in [0, 0.1) is 0 Å². The number of benzene rings is 7. The molecule has 0 saturated heterocycles. The fourth-order valence-corrected chi connectivity index (χ4v) is 7.35. The van der Waals surface area contributed by atoms with Crippen molar-refractivity contribution in [2.45, 2.75) is 0 Å². The lowest BCUT2D eigenvalue weighted by Crippen LogP contribution is -2.00. The largest absolute Gasteiger partial charge is 0.456 e. The van der Waals surface area contributed by atoms with Crippen molar-refractivity contribution >= 4 is 43.9 Å². The number of rotatable bonds is 6. The molecule has 4 aromatic heterocycles. The first kappa shape index (κ1) is 31.7. The average Bonchev–Trinajstić information content (AvgIpc) is 3.85. The second-order valence-electron chi connectivity index (χ2n) is 13.5. The third-order valence-corrected chi connectivity index (χ3v) is 10.0. The first-order valence-corrected chi connectivity index (χ1v) is 18.3. The third-order valence-electron chi connectivity index (χ3n) is 10.0. The minimum absolute atomic E-state index is 0.517. The van der Waals surface area contributed by atoms with Crippen LogP contribution in [-0.2, 0) is 0 Å². The minimum atomic E-state index is 0.517. The molecule has 0 unspecified atom stereocenters. The van der Waals surface area contributed by atoms with E-state index in [1.54, 1.807) is 0 Å². The van der Waals surface area contributed by atoms with Crippen LogP contribution in [0.4, 0.5) is 0 Å². The summed E-state index contributed by atoms with van der Waals surface area (Å²) in [5.41, 5.74) is 8.08. The highest BCUT2D eigenvalue weighted by atomic mass is 16.3. The number of aromatic nitrogens is 6. The zero-order valence-corrected chi connectivity index (χ0v) is 29.7. The van der Waals surface area contributed by atoms with E-state index in [4.69, 9.17) is 38.7 Å². The molecule has 0 aliphatic heterocycles. The highest BCUT2D eigenvalue weighted by Gasteiger charge is 2.21. The lowest BCUT2D eigenvalue weighted by atomic mass is 10.0. The molecule has 0 N–H and O–H groups in total.